The first-order valence-corrected chi connectivity index (χ1v) is 9.88. The summed E-state index contributed by atoms with van der Waals surface area (Å²) in [6, 6.07) is 6.78. The van der Waals surface area contributed by atoms with Gasteiger partial charge in [-0.15, -0.1) is 11.8 Å². The number of Topliss-reactive ketones (excluding diaryl/α,β-unsaturated/α-hetero) is 1. The van der Waals surface area contributed by atoms with Gasteiger partial charge in [0.05, 0.1) is 23.9 Å². The molecule has 0 unspecified atom stereocenters. The highest BCUT2D eigenvalue weighted by Crippen LogP contribution is 2.38. The van der Waals surface area contributed by atoms with Gasteiger partial charge < -0.3 is 9.64 Å². The molecule has 0 bridgehead atoms. The quantitative estimate of drug-likeness (QED) is 0.750. The highest BCUT2D eigenvalue weighted by atomic mass is 32.2. The summed E-state index contributed by atoms with van der Waals surface area (Å²) in [7, 11) is -2.38. The molecule has 1 fully saturated rings. The number of ketones is 1. The van der Waals surface area contributed by atoms with Gasteiger partial charge in [0.25, 0.3) is 10.0 Å². The molecule has 6 nitrogen and oxygen atoms in total. The van der Waals surface area contributed by atoms with Crippen LogP contribution in [0.2, 0.25) is 0 Å². The number of carbonyl (C=O) groups is 1. The highest BCUT2D eigenvalue weighted by molar-refractivity contribution is 8.04. The standard InChI is InChI=1S/C15H18N2O4S2/c1-16-12-6-4-3-5-11(12)13(18)14(23(16,19)20)15(22-2)17-7-9-21-10-8-17/h3-6H,7-10H2,1-2H3. The van der Waals surface area contributed by atoms with Crippen LogP contribution in [0.3, 0.4) is 0 Å². The number of hydrogen-bond acceptors (Lipinski definition) is 6. The van der Waals surface area contributed by atoms with Crippen molar-refractivity contribution < 1.29 is 17.9 Å². The van der Waals surface area contributed by atoms with E-state index in [-0.39, 0.29) is 4.91 Å². The Kier molecular flexibility index (Phi) is 4.39. The Hall–Kier alpha value is -1.51. The lowest BCUT2D eigenvalue weighted by Gasteiger charge is -2.34. The molecule has 0 radical (unpaired) electrons. The number of carbonyl (C=O) groups excluding carboxylic acids is 1. The number of allylic oxidation sites excluding steroid dienone is 1. The van der Waals surface area contributed by atoms with E-state index in [1.54, 1.807) is 30.5 Å². The Morgan fingerprint density at radius 3 is 2.52 bits per heavy atom. The molecule has 23 heavy (non-hydrogen) atoms. The van der Waals surface area contributed by atoms with Crippen LogP contribution in [0.25, 0.3) is 0 Å². The van der Waals surface area contributed by atoms with E-state index in [0.717, 1.165) is 0 Å². The van der Waals surface area contributed by atoms with E-state index in [0.29, 0.717) is 42.6 Å². The van der Waals surface area contributed by atoms with Gasteiger partial charge in [-0.25, -0.2) is 8.42 Å². The topological polar surface area (TPSA) is 66.9 Å². The lowest BCUT2D eigenvalue weighted by Crippen LogP contribution is -2.41. The van der Waals surface area contributed by atoms with Gasteiger partial charge in [0.2, 0.25) is 5.78 Å². The minimum atomic E-state index is -3.87. The molecule has 8 heteroatoms. The minimum absolute atomic E-state index is 0.131. The molecule has 3 rings (SSSR count). The van der Waals surface area contributed by atoms with Crippen molar-refractivity contribution in [1.82, 2.24) is 4.90 Å². The Balaban J connectivity index is 2.21. The van der Waals surface area contributed by atoms with E-state index in [9.17, 15) is 13.2 Å². The molecule has 0 atom stereocenters. The van der Waals surface area contributed by atoms with Crippen molar-refractivity contribution in [1.29, 1.82) is 0 Å². The van der Waals surface area contributed by atoms with Crippen LogP contribution in [0.5, 0.6) is 0 Å². The lowest BCUT2D eigenvalue weighted by molar-refractivity contribution is 0.0572. The summed E-state index contributed by atoms with van der Waals surface area (Å²) in [5, 5.41) is 0.500. The Labute approximate surface area is 140 Å². The van der Waals surface area contributed by atoms with Crippen LogP contribution in [0.4, 0.5) is 5.69 Å². The summed E-state index contributed by atoms with van der Waals surface area (Å²) in [6.45, 7) is 2.21. The fraction of sp³-hybridized carbons (Fsp3) is 0.400. The summed E-state index contributed by atoms with van der Waals surface area (Å²) in [6.07, 6.45) is 1.79. The number of nitrogens with zero attached hydrogens (tertiary/aromatic N) is 2. The average molecular weight is 354 g/mol. The van der Waals surface area contributed by atoms with Crippen molar-refractivity contribution in [2.24, 2.45) is 0 Å². The number of thioether (sulfide) groups is 1. The molecule has 2 heterocycles. The van der Waals surface area contributed by atoms with Crippen molar-refractivity contribution in [2.75, 3.05) is 43.9 Å². The first kappa shape index (κ1) is 16.4. The van der Waals surface area contributed by atoms with Crippen LogP contribution >= 0.6 is 11.8 Å². The molecular weight excluding hydrogens is 336 g/mol. The Bertz CT molecular complexity index is 767. The molecule has 124 valence electrons. The van der Waals surface area contributed by atoms with Gasteiger partial charge in [0.15, 0.2) is 4.91 Å². The number of anilines is 1. The van der Waals surface area contributed by atoms with Crippen molar-refractivity contribution in [3.05, 3.63) is 39.8 Å². The predicted molar refractivity (Wildman–Crippen MR) is 91.0 cm³/mol. The van der Waals surface area contributed by atoms with E-state index >= 15 is 0 Å². The number of ether oxygens (including phenoxy) is 1. The third-order valence-corrected chi connectivity index (χ3v) is 6.79. The van der Waals surface area contributed by atoms with Crippen LogP contribution in [0.1, 0.15) is 10.4 Å². The summed E-state index contributed by atoms with van der Waals surface area (Å²) >= 11 is 1.29. The molecule has 0 N–H and O–H groups in total. The third-order valence-electron chi connectivity index (χ3n) is 4.00. The van der Waals surface area contributed by atoms with Crippen LogP contribution in [-0.4, -0.2) is 58.7 Å². The average Bonchev–Trinajstić information content (AvgIpc) is 2.58. The van der Waals surface area contributed by atoms with E-state index in [1.807, 2.05) is 4.90 Å². The monoisotopic (exact) mass is 354 g/mol. The van der Waals surface area contributed by atoms with Gasteiger partial charge in [0.1, 0.15) is 0 Å². The fourth-order valence-corrected chi connectivity index (χ4v) is 5.46. The van der Waals surface area contributed by atoms with Crippen LogP contribution in [0.15, 0.2) is 34.2 Å². The first-order chi connectivity index (χ1) is 11.0. The zero-order valence-corrected chi connectivity index (χ0v) is 14.6. The molecule has 0 aliphatic carbocycles. The number of sulfonamides is 1. The second kappa shape index (κ2) is 6.18. The fourth-order valence-electron chi connectivity index (χ4n) is 2.79. The van der Waals surface area contributed by atoms with Crippen LogP contribution in [-0.2, 0) is 14.8 Å². The number of para-hydroxylation sites is 1. The Morgan fingerprint density at radius 2 is 1.87 bits per heavy atom. The lowest BCUT2D eigenvalue weighted by atomic mass is 10.1. The summed E-state index contributed by atoms with van der Waals surface area (Å²) < 4.78 is 32.3. The molecule has 1 saturated heterocycles. The Morgan fingerprint density at radius 1 is 1.22 bits per heavy atom. The largest absolute Gasteiger partial charge is 0.378 e. The normalized spacial score (nSPS) is 22.8. The van der Waals surface area contributed by atoms with E-state index in [1.165, 1.54) is 23.1 Å². The molecule has 1 aromatic rings. The van der Waals surface area contributed by atoms with Crippen molar-refractivity contribution in [2.45, 2.75) is 0 Å². The number of benzene rings is 1. The van der Waals surface area contributed by atoms with Crippen molar-refractivity contribution >= 4 is 33.3 Å². The number of rotatable bonds is 2. The molecule has 0 amide bonds. The van der Waals surface area contributed by atoms with Gasteiger partial charge >= 0.3 is 0 Å². The maximum Gasteiger partial charge on any atom is 0.270 e. The van der Waals surface area contributed by atoms with Gasteiger partial charge in [-0.1, -0.05) is 12.1 Å². The number of fused-ring (bicyclic) bond motifs is 1. The molecule has 0 saturated carbocycles. The second-order valence-electron chi connectivity index (χ2n) is 5.26. The van der Waals surface area contributed by atoms with Gasteiger partial charge in [-0.05, 0) is 18.4 Å². The maximum atomic E-state index is 12.9. The zero-order valence-electron chi connectivity index (χ0n) is 13.0. The van der Waals surface area contributed by atoms with Gasteiger partial charge in [-0.3, -0.25) is 9.10 Å². The second-order valence-corrected chi connectivity index (χ2v) is 7.96. The summed E-state index contributed by atoms with van der Waals surface area (Å²) in [5.74, 6) is -0.436. The molecule has 2 aliphatic rings. The third kappa shape index (κ3) is 2.64. The molecule has 0 aromatic heterocycles. The zero-order chi connectivity index (χ0) is 16.6. The van der Waals surface area contributed by atoms with Crippen LogP contribution in [0, 0.1) is 0 Å². The van der Waals surface area contributed by atoms with Crippen molar-refractivity contribution in [3.8, 4) is 0 Å². The summed E-state index contributed by atoms with van der Waals surface area (Å²) in [5.41, 5.74) is 0.836. The molecule has 2 aliphatic heterocycles. The molecule has 0 spiro atoms. The maximum absolute atomic E-state index is 12.9. The number of hydrogen-bond donors (Lipinski definition) is 0. The smallest absolute Gasteiger partial charge is 0.270 e. The van der Waals surface area contributed by atoms with Crippen LogP contribution < -0.4 is 4.31 Å². The highest BCUT2D eigenvalue weighted by Gasteiger charge is 2.41. The van der Waals surface area contributed by atoms with E-state index < -0.39 is 15.8 Å². The van der Waals surface area contributed by atoms with Gasteiger partial charge in [-0.2, -0.15) is 0 Å². The van der Waals surface area contributed by atoms with E-state index in [2.05, 4.69) is 0 Å². The molecule has 1 aromatic carbocycles. The predicted octanol–water partition coefficient (Wildman–Crippen LogP) is 1.51. The SMILES string of the molecule is CSC(=C1C(=O)c2ccccc2N(C)S1(=O)=O)N1CCOCC1. The summed E-state index contributed by atoms with van der Waals surface area (Å²) in [4.78, 5) is 14.7. The molecular formula is C15H18N2O4S2. The van der Waals surface area contributed by atoms with Gasteiger partial charge in [0, 0.05) is 25.7 Å². The van der Waals surface area contributed by atoms with E-state index in [4.69, 9.17) is 4.74 Å². The van der Waals surface area contributed by atoms with Crippen molar-refractivity contribution in [3.63, 3.8) is 0 Å². The minimum Gasteiger partial charge on any atom is -0.378 e. The number of morpholine rings is 1. The first-order valence-electron chi connectivity index (χ1n) is 7.22.